The van der Waals surface area contributed by atoms with E-state index in [-0.39, 0.29) is 30.1 Å². The summed E-state index contributed by atoms with van der Waals surface area (Å²) < 4.78 is 17.8. The molecule has 6 rings (SSSR count). The molecule has 4 heterocycles. The second-order valence-electron chi connectivity index (χ2n) is 8.82. The van der Waals surface area contributed by atoms with Crippen LogP contribution < -0.4 is 9.64 Å². The molecule has 6 nitrogen and oxygen atoms in total. The Morgan fingerprint density at radius 1 is 1.36 bits per heavy atom. The van der Waals surface area contributed by atoms with Crippen molar-refractivity contribution in [2.45, 2.75) is 43.2 Å². The maximum absolute atomic E-state index is 13.3. The van der Waals surface area contributed by atoms with Crippen LogP contribution in [-0.4, -0.2) is 56.7 Å². The molecule has 1 spiro atoms. The van der Waals surface area contributed by atoms with Crippen molar-refractivity contribution >= 4 is 11.7 Å². The second kappa shape index (κ2) is 5.10. The van der Waals surface area contributed by atoms with E-state index in [0.717, 1.165) is 30.8 Å². The van der Waals surface area contributed by atoms with Gasteiger partial charge in [0, 0.05) is 25.7 Å². The third kappa shape index (κ3) is 1.49. The molecule has 4 aliphatic heterocycles. The first-order valence-corrected chi connectivity index (χ1v) is 10.1. The number of hydrogen-bond donors (Lipinski definition) is 0. The number of anilines is 1. The lowest BCUT2D eigenvalue weighted by Gasteiger charge is -2.46. The van der Waals surface area contributed by atoms with Crippen LogP contribution >= 0.6 is 0 Å². The Labute approximate surface area is 165 Å². The van der Waals surface area contributed by atoms with Crippen molar-refractivity contribution < 1.29 is 19.0 Å². The predicted molar refractivity (Wildman–Crippen MR) is 103 cm³/mol. The maximum Gasteiger partial charge on any atom is 0.310 e. The van der Waals surface area contributed by atoms with Crippen molar-refractivity contribution in [1.29, 1.82) is 0 Å². The van der Waals surface area contributed by atoms with E-state index in [9.17, 15) is 4.79 Å². The second-order valence-corrected chi connectivity index (χ2v) is 8.82. The van der Waals surface area contributed by atoms with Crippen LogP contribution in [0, 0.1) is 11.8 Å². The van der Waals surface area contributed by atoms with E-state index in [1.807, 2.05) is 6.07 Å². The minimum atomic E-state index is -0.505. The number of likely N-dealkylation sites (N-methyl/N-ethyl adjacent to an activating group) is 1. The first-order chi connectivity index (χ1) is 13.5. The Balaban J connectivity index is 1.64. The first kappa shape index (κ1) is 16.9. The van der Waals surface area contributed by atoms with Crippen LogP contribution in [0.5, 0.6) is 5.75 Å². The highest BCUT2D eigenvalue weighted by atomic mass is 16.6. The van der Waals surface area contributed by atoms with Crippen molar-refractivity contribution in [3.63, 3.8) is 0 Å². The topological polar surface area (TPSA) is 51.2 Å². The summed E-state index contributed by atoms with van der Waals surface area (Å²) in [5, 5.41) is 0. The lowest BCUT2D eigenvalue weighted by Crippen LogP contribution is -2.63. The van der Waals surface area contributed by atoms with Crippen LogP contribution in [0.2, 0.25) is 0 Å². The van der Waals surface area contributed by atoms with Gasteiger partial charge in [-0.25, -0.2) is 0 Å². The number of hydrogen-bond acceptors (Lipinski definition) is 6. The predicted octanol–water partition coefficient (Wildman–Crippen LogP) is 2.28. The molecule has 5 aliphatic rings. The van der Waals surface area contributed by atoms with Gasteiger partial charge >= 0.3 is 5.97 Å². The number of benzene rings is 1. The first-order valence-electron chi connectivity index (χ1n) is 10.1. The summed E-state index contributed by atoms with van der Waals surface area (Å²) in [7, 11) is 5.33. The smallest absolute Gasteiger partial charge is 0.310 e. The van der Waals surface area contributed by atoms with Gasteiger partial charge in [-0.1, -0.05) is 11.6 Å². The Morgan fingerprint density at radius 2 is 2.18 bits per heavy atom. The standard InChI is InChI=1S/C22H26N2O4/c1-5-12-8-14-18(20(25)27-4)21-10-17-24(11-12)19(14)22(21,28-17)23(2)16-7-6-13(26-3)9-15(16)21/h5-7,9,14,17-19H,8,10-11H2,1-4H3/t14-,17+,18+,19+,21+,22+/m1/s1. The van der Waals surface area contributed by atoms with Gasteiger partial charge in [-0.3, -0.25) is 9.69 Å². The highest BCUT2D eigenvalue weighted by Gasteiger charge is 2.86. The molecule has 0 aromatic heterocycles. The lowest BCUT2D eigenvalue weighted by atomic mass is 9.66. The number of carbonyl (C=O) groups excluding carboxylic acids is 1. The van der Waals surface area contributed by atoms with E-state index in [1.54, 1.807) is 7.11 Å². The fraction of sp³-hybridized carbons (Fsp3) is 0.591. The van der Waals surface area contributed by atoms with Crippen molar-refractivity contribution in [2.24, 2.45) is 11.8 Å². The number of esters is 1. The summed E-state index contributed by atoms with van der Waals surface area (Å²) in [6.07, 6.45) is 4.00. The summed E-state index contributed by atoms with van der Waals surface area (Å²) in [5.41, 5.74) is 2.83. The van der Waals surface area contributed by atoms with Gasteiger partial charge < -0.3 is 19.1 Å². The fourth-order valence-corrected chi connectivity index (χ4v) is 7.39. The van der Waals surface area contributed by atoms with Gasteiger partial charge in [0.1, 0.15) is 12.0 Å². The van der Waals surface area contributed by atoms with Crippen LogP contribution in [-0.2, 0) is 19.7 Å². The van der Waals surface area contributed by atoms with Gasteiger partial charge in [-0.2, -0.15) is 0 Å². The molecule has 6 atom stereocenters. The number of carbonyl (C=O) groups is 1. The molecule has 0 amide bonds. The van der Waals surface area contributed by atoms with Crippen LogP contribution in [0.4, 0.5) is 5.69 Å². The van der Waals surface area contributed by atoms with Gasteiger partial charge in [0.05, 0.1) is 31.6 Å². The molecule has 4 fully saturated rings. The zero-order valence-corrected chi connectivity index (χ0v) is 16.8. The van der Waals surface area contributed by atoms with Gasteiger partial charge in [0.2, 0.25) is 0 Å². The number of fused-ring (bicyclic) bond motifs is 3. The third-order valence-corrected chi connectivity index (χ3v) is 8.24. The summed E-state index contributed by atoms with van der Waals surface area (Å²) >= 11 is 0. The molecular formula is C22H26N2O4. The largest absolute Gasteiger partial charge is 0.497 e. The molecule has 28 heavy (non-hydrogen) atoms. The summed E-state index contributed by atoms with van der Waals surface area (Å²) in [4.78, 5) is 18.1. The van der Waals surface area contributed by atoms with Crippen molar-refractivity contribution in [3.8, 4) is 5.75 Å². The molecule has 1 aliphatic carbocycles. The average Bonchev–Trinajstić information content (AvgIpc) is 3.36. The SMILES string of the molecule is CC=C1C[C@@H]2[C@@H](C(=O)OC)[C@@]34C[C@@H]5O[C@]3([C@H]2N5C1)N(C)c1ccc(OC)cc14. The molecule has 3 saturated heterocycles. The highest BCUT2D eigenvalue weighted by Crippen LogP contribution is 2.76. The van der Waals surface area contributed by atoms with Gasteiger partial charge in [0.15, 0.2) is 5.72 Å². The molecule has 0 unspecified atom stereocenters. The van der Waals surface area contributed by atoms with Crippen LogP contribution in [0.15, 0.2) is 29.8 Å². The van der Waals surface area contributed by atoms with E-state index in [2.05, 4.69) is 42.0 Å². The molecule has 1 aromatic rings. The Hall–Kier alpha value is -2.05. The zero-order chi connectivity index (χ0) is 19.4. The van der Waals surface area contributed by atoms with Gasteiger partial charge in [-0.15, -0.1) is 0 Å². The molecule has 0 N–H and O–H groups in total. The number of piperidine rings is 2. The monoisotopic (exact) mass is 382 g/mol. The minimum absolute atomic E-state index is 0.0409. The minimum Gasteiger partial charge on any atom is -0.497 e. The summed E-state index contributed by atoms with van der Waals surface area (Å²) in [5.74, 6) is 0.695. The van der Waals surface area contributed by atoms with E-state index < -0.39 is 11.1 Å². The van der Waals surface area contributed by atoms with Crippen molar-refractivity contribution in [1.82, 2.24) is 4.90 Å². The van der Waals surface area contributed by atoms with Crippen molar-refractivity contribution in [3.05, 3.63) is 35.4 Å². The quantitative estimate of drug-likeness (QED) is 0.578. The molecule has 6 heteroatoms. The van der Waals surface area contributed by atoms with Crippen LogP contribution in [0.25, 0.3) is 0 Å². The van der Waals surface area contributed by atoms with Crippen LogP contribution in [0.3, 0.4) is 0 Å². The highest BCUT2D eigenvalue weighted by molar-refractivity contribution is 5.83. The molecular weight excluding hydrogens is 356 g/mol. The zero-order valence-electron chi connectivity index (χ0n) is 16.8. The van der Waals surface area contributed by atoms with E-state index in [4.69, 9.17) is 14.2 Å². The maximum atomic E-state index is 13.3. The van der Waals surface area contributed by atoms with Crippen LogP contribution in [0.1, 0.15) is 25.3 Å². The molecule has 1 aromatic carbocycles. The normalized spacial score (nSPS) is 43.4. The van der Waals surface area contributed by atoms with E-state index >= 15 is 0 Å². The van der Waals surface area contributed by atoms with E-state index in [1.165, 1.54) is 18.2 Å². The summed E-state index contributed by atoms with van der Waals surface area (Å²) in [6, 6.07) is 6.43. The number of allylic oxidation sites excluding steroid dienone is 1. The number of nitrogens with zero attached hydrogens (tertiary/aromatic N) is 2. The van der Waals surface area contributed by atoms with Crippen molar-refractivity contribution in [2.75, 3.05) is 32.7 Å². The summed E-state index contributed by atoms with van der Waals surface area (Å²) in [6.45, 7) is 3.03. The third-order valence-electron chi connectivity index (χ3n) is 8.24. The Kier molecular flexibility index (Phi) is 3.07. The van der Waals surface area contributed by atoms with Gasteiger partial charge in [0.25, 0.3) is 0 Å². The molecule has 2 bridgehead atoms. The van der Waals surface area contributed by atoms with E-state index in [0.29, 0.717) is 0 Å². The number of ether oxygens (including phenoxy) is 3. The fourth-order valence-electron chi connectivity index (χ4n) is 7.39. The molecule has 1 saturated carbocycles. The number of rotatable bonds is 2. The average molecular weight is 382 g/mol. The number of methoxy groups -OCH3 is 2. The Morgan fingerprint density at radius 3 is 2.89 bits per heavy atom. The Bertz CT molecular complexity index is 929. The molecule has 148 valence electrons. The lowest BCUT2D eigenvalue weighted by molar-refractivity contribution is -0.150. The van der Waals surface area contributed by atoms with Gasteiger partial charge in [-0.05, 0) is 43.0 Å². The molecule has 0 radical (unpaired) electrons.